The number of benzene rings is 1. The van der Waals surface area contributed by atoms with Crippen molar-refractivity contribution in [2.75, 3.05) is 7.11 Å². The van der Waals surface area contributed by atoms with E-state index in [0.717, 1.165) is 42.2 Å². The molecule has 1 spiro atoms. The first kappa shape index (κ1) is 13.7. The summed E-state index contributed by atoms with van der Waals surface area (Å²) >= 11 is 0. The van der Waals surface area contributed by atoms with Gasteiger partial charge in [0.25, 0.3) is 0 Å². The van der Waals surface area contributed by atoms with Crippen LogP contribution in [-0.2, 0) is 0 Å². The molecule has 0 bridgehead atoms. The first-order chi connectivity index (χ1) is 9.53. The average molecular weight is 275 g/mol. The predicted molar refractivity (Wildman–Crippen MR) is 80.1 cm³/mol. The van der Waals surface area contributed by atoms with E-state index in [1.54, 1.807) is 7.11 Å². The second-order valence-corrected chi connectivity index (χ2v) is 6.70. The maximum Gasteiger partial charge on any atom is 0.128 e. The molecule has 3 nitrogen and oxygen atoms in total. The van der Waals surface area contributed by atoms with E-state index < -0.39 is 0 Å². The van der Waals surface area contributed by atoms with Gasteiger partial charge in [-0.2, -0.15) is 0 Å². The third kappa shape index (κ3) is 2.28. The standard InChI is InChI=1S/C17H25NO2/c1-11-6-7-17(9-12(11)2)10-15(18)14-5-4-13(19-3)8-16(14)20-17/h4-5,8,11-12,15H,6-7,9-10,18H2,1-3H3/t11?,12?,15-,17?/m0/s1. The lowest BCUT2D eigenvalue weighted by molar-refractivity contribution is -0.0288. The lowest BCUT2D eigenvalue weighted by atomic mass is 9.69. The van der Waals surface area contributed by atoms with Gasteiger partial charge < -0.3 is 15.2 Å². The fourth-order valence-corrected chi connectivity index (χ4v) is 3.77. The first-order valence-corrected chi connectivity index (χ1v) is 7.65. The Morgan fingerprint density at radius 1 is 1.25 bits per heavy atom. The van der Waals surface area contributed by atoms with Crippen LogP contribution in [0.15, 0.2) is 18.2 Å². The highest BCUT2D eigenvalue weighted by molar-refractivity contribution is 5.44. The Balaban J connectivity index is 1.91. The molecular formula is C17H25NO2. The van der Waals surface area contributed by atoms with Crippen LogP contribution in [0.2, 0.25) is 0 Å². The smallest absolute Gasteiger partial charge is 0.128 e. The lowest BCUT2D eigenvalue weighted by Crippen LogP contribution is -2.47. The molecule has 1 fully saturated rings. The highest BCUT2D eigenvalue weighted by atomic mass is 16.5. The highest BCUT2D eigenvalue weighted by Gasteiger charge is 2.44. The van der Waals surface area contributed by atoms with Crippen molar-refractivity contribution in [3.8, 4) is 11.5 Å². The average Bonchev–Trinajstić information content (AvgIpc) is 2.43. The molecule has 3 unspecified atom stereocenters. The number of fused-ring (bicyclic) bond motifs is 1. The Kier molecular flexibility index (Phi) is 3.41. The molecule has 20 heavy (non-hydrogen) atoms. The van der Waals surface area contributed by atoms with Crippen LogP contribution in [0, 0.1) is 11.8 Å². The molecule has 3 heteroatoms. The van der Waals surface area contributed by atoms with E-state index in [-0.39, 0.29) is 11.6 Å². The van der Waals surface area contributed by atoms with Crippen LogP contribution in [0.25, 0.3) is 0 Å². The van der Waals surface area contributed by atoms with Crippen LogP contribution in [0.1, 0.15) is 51.1 Å². The molecule has 2 aliphatic rings. The second-order valence-electron chi connectivity index (χ2n) is 6.70. The van der Waals surface area contributed by atoms with Gasteiger partial charge in [-0.15, -0.1) is 0 Å². The van der Waals surface area contributed by atoms with E-state index >= 15 is 0 Å². The van der Waals surface area contributed by atoms with Crippen LogP contribution in [0.3, 0.4) is 0 Å². The van der Waals surface area contributed by atoms with Crippen LogP contribution in [0.5, 0.6) is 11.5 Å². The Bertz CT molecular complexity index is 502. The summed E-state index contributed by atoms with van der Waals surface area (Å²) in [6, 6.07) is 6.07. The second kappa shape index (κ2) is 4.96. The Morgan fingerprint density at radius 3 is 2.75 bits per heavy atom. The van der Waals surface area contributed by atoms with Crippen LogP contribution >= 0.6 is 0 Å². The molecular weight excluding hydrogens is 250 g/mol. The zero-order chi connectivity index (χ0) is 14.3. The molecule has 1 saturated carbocycles. The minimum absolute atomic E-state index is 0.0648. The summed E-state index contributed by atoms with van der Waals surface area (Å²) in [6.07, 6.45) is 4.39. The Morgan fingerprint density at radius 2 is 2.05 bits per heavy atom. The van der Waals surface area contributed by atoms with Gasteiger partial charge in [-0.25, -0.2) is 0 Å². The van der Waals surface area contributed by atoms with Gasteiger partial charge in [0.15, 0.2) is 0 Å². The van der Waals surface area contributed by atoms with Crippen LogP contribution in [-0.4, -0.2) is 12.7 Å². The number of rotatable bonds is 1. The minimum Gasteiger partial charge on any atom is -0.497 e. The fourth-order valence-electron chi connectivity index (χ4n) is 3.77. The molecule has 0 amide bonds. The van der Waals surface area contributed by atoms with E-state index in [9.17, 15) is 0 Å². The number of methoxy groups -OCH3 is 1. The van der Waals surface area contributed by atoms with Crippen LogP contribution < -0.4 is 15.2 Å². The fraction of sp³-hybridized carbons (Fsp3) is 0.647. The highest BCUT2D eigenvalue weighted by Crippen LogP contribution is 2.48. The summed E-state index contributed by atoms with van der Waals surface area (Å²) in [5.41, 5.74) is 7.45. The monoisotopic (exact) mass is 275 g/mol. The summed E-state index contributed by atoms with van der Waals surface area (Å²) in [4.78, 5) is 0. The van der Waals surface area contributed by atoms with Gasteiger partial charge in [-0.3, -0.25) is 0 Å². The zero-order valence-electron chi connectivity index (χ0n) is 12.7. The number of ether oxygens (including phenoxy) is 2. The van der Waals surface area contributed by atoms with Crippen molar-refractivity contribution in [2.45, 2.75) is 51.2 Å². The number of nitrogens with two attached hydrogens (primary N) is 1. The maximum absolute atomic E-state index is 6.43. The van der Waals surface area contributed by atoms with Crippen LogP contribution in [0.4, 0.5) is 0 Å². The molecule has 0 radical (unpaired) electrons. The van der Waals surface area contributed by atoms with Gasteiger partial charge in [0.05, 0.1) is 7.11 Å². The van der Waals surface area contributed by atoms with E-state index in [2.05, 4.69) is 13.8 Å². The van der Waals surface area contributed by atoms with Crippen molar-refractivity contribution in [1.29, 1.82) is 0 Å². The molecule has 1 aliphatic carbocycles. The van der Waals surface area contributed by atoms with Gasteiger partial charge in [-0.1, -0.05) is 19.9 Å². The molecule has 110 valence electrons. The van der Waals surface area contributed by atoms with Gasteiger partial charge in [0.1, 0.15) is 17.1 Å². The van der Waals surface area contributed by atoms with Crippen molar-refractivity contribution in [2.24, 2.45) is 17.6 Å². The van der Waals surface area contributed by atoms with Gasteiger partial charge >= 0.3 is 0 Å². The molecule has 1 aromatic rings. The SMILES string of the molecule is COc1ccc2c(c1)OC1(CCC(C)C(C)C1)C[C@@H]2N. The maximum atomic E-state index is 6.43. The summed E-state index contributed by atoms with van der Waals surface area (Å²) in [5.74, 6) is 3.24. The zero-order valence-corrected chi connectivity index (χ0v) is 12.7. The molecule has 1 aliphatic heterocycles. The van der Waals surface area contributed by atoms with Gasteiger partial charge in [0.2, 0.25) is 0 Å². The number of hydrogen-bond donors (Lipinski definition) is 1. The van der Waals surface area contributed by atoms with E-state index in [1.807, 2.05) is 18.2 Å². The normalized spacial score (nSPS) is 36.3. The minimum atomic E-state index is -0.0648. The lowest BCUT2D eigenvalue weighted by Gasteiger charge is -2.47. The Labute approximate surface area is 121 Å². The van der Waals surface area contributed by atoms with Gasteiger partial charge in [0, 0.05) is 24.1 Å². The molecule has 1 heterocycles. The topological polar surface area (TPSA) is 44.5 Å². The molecule has 4 atom stereocenters. The molecule has 0 aromatic heterocycles. The van der Waals surface area contributed by atoms with Crippen molar-refractivity contribution in [1.82, 2.24) is 0 Å². The molecule has 3 rings (SSSR count). The van der Waals surface area contributed by atoms with Crippen molar-refractivity contribution >= 4 is 0 Å². The van der Waals surface area contributed by atoms with Gasteiger partial charge in [-0.05, 0) is 37.2 Å². The first-order valence-electron chi connectivity index (χ1n) is 7.65. The molecule has 2 N–H and O–H groups in total. The summed E-state index contributed by atoms with van der Waals surface area (Å²) in [7, 11) is 1.69. The van der Waals surface area contributed by atoms with Crippen molar-refractivity contribution < 1.29 is 9.47 Å². The quantitative estimate of drug-likeness (QED) is 0.850. The van der Waals surface area contributed by atoms with E-state index in [1.165, 1.54) is 6.42 Å². The molecule has 1 aromatic carbocycles. The number of hydrogen-bond acceptors (Lipinski definition) is 3. The predicted octanol–water partition coefficient (Wildman–Crippen LogP) is 3.67. The Hall–Kier alpha value is -1.22. The largest absolute Gasteiger partial charge is 0.497 e. The van der Waals surface area contributed by atoms with Crippen molar-refractivity contribution in [3.63, 3.8) is 0 Å². The summed E-state index contributed by atoms with van der Waals surface area (Å²) in [5, 5.41) is 0. The summed E-state index contributed by atoms with van der Waals surface area (Å²) in [6.45, 7) is 4.68. The van der Waals surface area contributed by atoms with Crippen molar-refractivity contribution in [3.05, 3.63) is 23.8 Å². The molecule has 0 saturated heterocycles. The third-order valence-electron chi connectivity index (χ3n) is 5.26. The van der Waals surface area contributed by atoms with E-state index in [0.29, 0.717) is 5.92 Å². The summed E-state index contributed by atoms with van der Waals surface area (Å²) < 4.78 is 11.7. The van der Waals surface area contributed by atoms with E-state index in [4.69, 9.17) is 15.2 Å². The third-order valence-corrected chi connectivity index (χ3v) is 5.26.